The van der Waals surface area contributed by atoms with Crippen molar-refractivity contribution < 1.29 is 19.1 Å². The molecule has 1 aliphatic carbocycles. The summed E-state index contributed by atoms with van der Waals surface area (Å²) in [6.45, 7) is 6.28. The molecule has 5 rings (SSSR count). The molecule has 0 saturated heterocycles. The highest BCUT2D eigenvalue weighted by atomic mass is 16.6. The van der Waals surface area contributed by atoms with Gasteiger partial charge in [0.05, 0.1) is 11.1 Å². The second-order valence-corrected chi connectivity index (χ2v) is 12.9. The number of ether oxygens (including phenoxy) is 1. The molecule has 2 aliphatic rings. The van der Waals surface area contributed by atoms with E-state index < -0.39 is 5.91 Å². The minimum Gasteiger partial charge on any atom is -0.446 e. The molecule has 1 aromatic heterocycles. The molecule has 0 atom stereocenters. The number of benzene rings is 2. The first-order chi connectivity index (χ1) is 20.0. The Morgan fingerprint density at radius 1 is 1.07 bits per heavy atom. The van der Waals surface area contributed by atoms with Crippen LogP contribution in [0.25, 0.3) is 22.0 Å². The maximum atomic E-state index is 13.3. The summed E-state index contributed by atoms with van der Waals surface area (Å²) < 4.78 is 7.50. The number of likely N-dealkylation sites (N-methyl/N-ethyl adjacent to an activating group) is 1. The molecule has 2 amide bonds. The molecule has 0 bridgehead atoms. The van der Waals surface area contributed by atoms with Gasteiger partial charge >= 0.3 is 6.09 Å². The van der Waals surface area contributed by atoms with Crippen molar-refractivity contribution in [2.75, 3.05) is 39.0 Å². The number of carbonyl (C=O) groups excluding carboxylic acids is 3. The lowest BCUT2D eigenvalue weighted by Gasteiger charge is -2.30. The van der Waals surface area contributed by atoms with E-state index in [9.17, 15) is 14.4 Å². The molecule has 1 aliphatic heterocycles. The van der Waals surface area contributed by atoms with Crippen LogP contribution in [0.1, 0.15) is 66.8 Å². The number of rotatable bonds is 9. The Hall–Kier alpha value is -3.85. The number of nitrogens with zero attached hydrogens (tertiary/aromatic N) is 2. The SMILES string of the molecule is CN(C)CCNC(=O)OC1CCC(CNc2cc(-c3c4n(c5ccccc35)C(=O)CC(C)(C)C4)ccc2C(N)=O)CC1. The Balaban J connectivity index is 1.32. The summed E-state index contributed by atoms with van der Waals surface area (Å²) in [7, 11) is 3.92. The minimum absolute atomic E-state index is 0.0774. The first kappa shape index (κ1) is 29.6. The summed E-state index contributed by atoms with van der Waals surface area (Å²) in [6.07, 6.45) is 4.30. The Morgan fingerprint density at radius 2 is 1.81 bits per heavy atom. The third-order valence-electron chi connectivity index (χ3n) is 8.55. The number of hydrogen-bond donors (Lipinski definition) is 3. The molecule has 224 valence electrons. The fourth-order valence-corrected chi connectivity index (χ4v) is 6.41. The molecule has 1 saturated carbocycles. The predicted octanol–water partition coefficient (Wildman–Crippen LogP) is 5.28. The van der Waals surface area contributed by atoms with Crippen LogP contribution in [0.5, 0.6) is 0 Å². The molecule has 0 unspecified atom stereocenters. The van der Waals surface area contributed by atoms with Crippen LogP contribution in [0.3, 0.4) is 0 Å². The monoisotopic (exact) mass is 573 g/mol. The molecular formula is C33H43N5O4. The number of para-hydroxylation sites is 1. The largest absolute Gasteiger partial charge is 0.446 e. The molecule has 4 N–H and O–H groups in total. The number of anilines is 1. The lowest BCUT2D eigenvalue weighted by molar-refractivity contribution is 0.0654. The van der Waals surface area contributed by atoms with Crippen molar-refractivity contribution in [2.24, 2.45) is 17.1 Å². The summed E-state index contributed by atoms with van der Waals surface area (Å²) in [5.74, 6) is 0.00970. The van der Waals surface area contributed by atoms with Crippen LogP contribution >= 0.6 is 0 Å². The summed E-state index contributed by atoms with van der Waals surface area (Å²) >= 11 is 0. The third-order valence-corrected chi connectivity index (χ3v) is 8.55. The van der Waals surface area contributed by atoms with Gasteiger partial charge in [-0.05, 0) is 81.3 Å². The maximum absolute atomic E-state index is 13.3. The van der Waals surface area contributed by atoms with Gasteiger partial charge in [0.2, 0.25) is 5.91 Å². The quantitative estimate of drug-likeness (QED) is 0.321. The lowest BCUT2D eigenvalue weighted by atomic mass is 9.80. The number of aromatic nitrogens is 1. The fraction of sp³-hybridized carbons (Fsp3) is 0.485. The Labute approximate surface area is 247 Å². The van der Waals surface area contributed by atoms with E-state index in [1.54, 1.807) is 6.07 Å². The summed E-state index contributed by atoms with van der Waals surface area (Å²) in [6, 6.07) is 13.8. The van der Waals surface area contributed by atoms with E-state index in [0.717, 1.165) is 66.4 Å². The van der Waals surface area contributed by atoms with E-state index in [-0.39, 0.29) is 23.5 Å². The molecular weight excluding hydrogens is 530 g/mol. The number of alkyl carbamates (subject to hydrolysis) is 1. The first-order valence-electron chi connectivity index (χ1n) is 15.0. The molecule has 0 radical (unpaired) electrons. The van der Waals surface area contributed by atoms with Crippen molar-refractivity contribution in [1.82, 2.24) is 14.8 Å². The number of nitrogens with one attached hydrogen (secondary N) is 2. The molecule has 9 heteroatoms. The first-order valence-corrected chi connectivity index (χ1v) is 15.0. The summed E-state index contributed by atoms with van der Waals surface area (Å²) in [4.78, 5) is 39.8. The van der Waals surface area contributed by atoms with Gasteiger partial charge in [0, 0.05) is 48.4 Å². The van der Waals surface area contributed by atoms with Gasteiger partial charge in [0.25, 0.3) is 5.91 Å². The van der Waals surface area contributed by atoms with Crippen molar-refractivity contribution in [2.45, 2.75) is 58.5 Å². The number of hydrogen-bond acceptors (Lipinski definition) is 6. The number of amides is 2. The van der Waals surface area contributed by atoms with Crippen molar-refractivity contribution in [1.29, 1.82) is 0 Å². The number of nitrogens with two attached hydrogens (primary N) is 1. The van der Waals surface area contributed by atoms with E-state index in [1.807, 2.05) is 53.9 Å². The molecule has 3 aromatic rings. The van der Waals surface area contributed by atoms with E-state index in [4.69, 9.17) is 10.5 Å². The Morgan fingerprint density at radius 3 is 2.52 bits per heavy atom. The normalized spacial score (nSPS) is 19.9. The summed E-state index contributed by atoms with van der Waals surface area (Å²) in [5.41, 5.74) is 10.7. The fourth-order valence-electron chi connectivity index (χ4n) is 6.41. The van der Waals surface area contributed by atoms with Crippen molar-refractivity contribution >= 4 is 34.5 Å². The highest BCUT2D eigenvalue weighted by Crippen LogP contribution is 2.43. The molecule has 1 fully saturated rings. The Bertz CT molecular complexity index is 1480. The zero-order chi connectivity index (χ0) is 30.0. The van der Waals surface area contributed by atoms with Crippen molar-refractivity contribution in [3.05, 3.63) is 53.7 Å². The van der Waals surface area contributed by atoms with Crippen molar-refractivity contribution in [3.63, 3.8) is 0 Å². The average molecular weight is 574 g/mol. The minimum atomic E-state index is -0.485. The molecule has 9 nitrogen and oxygen atoms in total. The second kappa shape index (κ2) is 12.2. The van der Waals surface area contributed by atoms with Gasteiger partial charge in [-0.15, -0.1) is 0 Å². The van der Waals surface area contributed by atoms with Crippen LogP contribution in [0, 0.1) is 11.3 Å². The third kappa shape index (κ3) is 6.46. The van der Waals surface area contributed by atoms with E-state index in [1.165, 1.54) is 0 Å². The number of fused-ring (bicyclic) bond motifs is 3. The van der Waals surface area contributed by atoms with Crippen LogP contribution < -0.4 is 16.4 Å². The van der Waals surface area contributed by atoms with Crippen LogP contribution in [-0.2, 0) is 11.2 Å². The van der Waals surface area contributed by atoms with Gasteiger partial charge in [-0.1, -0.05) is 38.1 Å². The Kier molecular flexibility index (Phi) is 8.59. The van der Waals surface area contributed by atoms with Crippen LogP contribution in [0.15, 0.2) is 42.5 Å². The highest BCUT2D eigenvalue weighted by molar-refractivity contribution is 6.06. The van der Waals surface area contributed by atoms with E-state index in [0.29, 0.717) is 36.7 Å². The maximum Gasteiger partial charge on any atom is 0.407 e. The topological polar surface area (TPSA) is 119 Å². The van der Waals surface area contributed by atoms with Crippen LogP contribution in [0.2, 0.25) is 0 Å². The molecule has 42 heavy (non-hydrogen) atoms. The molecule has 2 aromatic carbocycles. The smallest absolute Gasteiger partial charge is 0.407 e. The zero-order valence-corrected chi connectivity index (χ0v) is 25.2. The van der Waals surface area contributed by atoms with Gasteiger partial charge < -0.3 is 26.0 Å². The zero-order valence-electron chi connectivity index (χ0n) is 25.2. The van der Waals surface area contributed by atoms with Gasteiger partial charge in [-0.25, -0.2) is 4.79 Å². The van der Waals surface area contributed by atoms with Crippen LogP contribution in [0.4, 0.5) is 10.5 Å². The number of primary amides is 1. The van der Waals surface area contributed by atoms with Gasteiger partial charge in [-0.3, -0.25) is 14.2 Å². The van der Waals surface area contributed by atoms with Gasteiger partial charge in [0.1, 0.15) is 6.10 Å². The summed E-state index contributed by atoms with van der Waals surface area (Å²) in [5, 5.41) is 7.35. The number of carbonyl (C=O) groups is 3. The highest BCUT2D eigenvalue weighted by Gasteiger charge is 2.35. The van der Waals surface area contributed by atoms with Gasteiger partial charge in [-0.2, -0.15) is 0 Å². The van der Waals surface area contributed by atoms with Crippen LogP contribution in [-0.4, -0.2) is 67.2 Å². The van der Waals surface area contributed by atoms with E-state index >= 15 is 0 Å². The predicted molar refractivity (Wildman–Crippen MR) is 166 cm³/mol. The molecule has 2 heterocycles. The average Bonchev–Trinajstić information content (AvgIpc) is 3.25. The standard InChI is InChI=1S/C33H43N5O4/c1-33(2)18-28-30(25-7-5-6-8-27(25)38(28)29(39)19-33)22-11-14-24(31(34)40)26(17-22)36-20-21-9-12-23(13-10-21)42-32(41)35-15-16-37(3)4/h5-8,11,14,17,21,23,36H,9-10,12-13,15-16,18-20H2,1-4H3,(H2,34,40)(H,35,41). The van der Waals surface area contributed by atoms with E-state index in [2.05, 4.69) is 30.5 Å². The second-order valence-electron chi connectivity index (χ2n) is 12.9. The van der Waals surface area contributed by atoms with Crippen molar-refractivity contribution in [3.8, 4) is 11.1 Å². The molecule has 0 spiro atoms. The lowest BCUT2D eigenvalue weighted by Crippen LogP contribution is -2.35. The van der Waals surface area contributed by atoms with Gasteiger partial charge in [0.15, 0.2) is 0 Å².